The first-order chi connectivity index (χ1) is 9.65. The van der Waals surface area contributed by atoms with Crippen LogP contribution in [0.4, 0.5) is 0 Å². The van der Waals surface area contributed by atoms with Crippen LogP contribution in [0.2, 0.25) is 0 Å². The molecule has 0 bridgehead atoms. The maximum absolute atomic E-state index is 11.2. The molecule has 0 unspecified atom stereocenters. The van der Waals surface area contributed by atoms with Gasteiger partial charge in [0.2, 0.25) is 5.88 Å². The lowest BCUT2D eigenvalue weighted by molar-refractivity contribution is 0.0693. The van der Waals surface area contributed by atoms with Crippen molar-refractivity contribution >= 4 is 5.97 Å². The second-order valence-electron chi connectivity index (χ2n) is 3.78. The minimum absolute atomic E-state index is 0.00182. The fourth-order valence-electron chi connectivity index (χ4n) is 1.60. The summed E-state index contributed by atoms with van der Waals surface area (Å²) in [5.74, 6) is 0.156. The van der Waals surface area contributed by atoms with Crippen LogP contribution in [0.3, 0.4) is 0 Å². The van der Waals surface area contributed by atoms with Crippen molar-refractivity contribution in [2.75, 3.05) is 14.2 Å². The Morgan fingerprint density at radius 3 is 2.50 bits per heavy atom. The van der Waals surface area contributed by atoms with Crippen LogP contribution >= 0.6 is 0 Å². The summed E-state index contributed by atoms with van der Waals surface area (Å²) >= 11 is 0. The first kappa shape index (κ1) is 13.7. The van der Waals surface area contributed by atoms with Gasteiger partial charge in [0.1, 0.15) is 11.3 Å². The van der Waals surface area contributed by atoms with Crippen molar-refractivity contribution in [1.29, 1.82) is 0 Å². The van der Waals surface area contributed by atoms with E-state index in [-0.39, 0.29) is 17.2 Å². The van der Waals surface area contributed by atoms with Crippen molar-refractivity contribution < 1.29 is 24.1 Å². The van der Waals surface area contributed by atoms with Gasteiger partial charge in [0.15, 0.2) is 11.5 Å². The van der Waals surface area contributed by atoms with Gasteiger partial charge < -0.3 is 19.3 Å². The van der Waals surface area contributed by atoms with Crippen molar-refractivity contribution in [3.63, 3.8) is 0 Å². The molecule has 1 N–H and O–H groups in total. The highest BCUT2D eigenvalue weighted by atomic mass is 16.5. The average molecular weight is 275 g/mol. The maximum atomic E-state index is 11.2. The van der Waals surface area contributed by atoms with Crippen molar-refractivity contribution in [2.45, 2.75) is 0 Å². The zero-order valence-corrected chi connectivity index (χ0v) is 11.0. The monoisotopic (exact) mass is 275 g/mol. The molecule has 1 aromatic heterocycles. The molecule has 1 aromatic carbocycles. The number of benzene rings is 1. The standard InChI is InChI=1S/C14H13NO5/c1-18-9-6-7-12(15-8-9)20-13-10(14(16)17)4-3-5-11(13)19-2/h3-8H,1-2H3,(H,16,17). The molecule has 0 aliphatic rings. The number of ether oxygens (including phenoxy) is 3. The molecule has 2 aromatic rings. The van der Waals surface area contributed by atoms with E-state index in [1.165, 1.54) is 26.5 Å². The van der Waals surface area contributed by atoms with E-state index in [2.05, 4.69) is 4.98 Å². The van der Waals surface area contributed by atoms with Gasteiger partial charge in [0.25, 0.3) is 0 Å². The summed E-state index contributed by atoms with van der Waals surface area (Å²) in [4.78, 5) is 15.2. The number of hydrogen-bond donors (Lipinski definition) is 1. The van der Waals surface area contributed by atoms with Crippen molar-refractivity contribution in [3.8, 4) is 23.1 Å². The quantitative estimate of drug-likeness (QED) is 0.903. The van der Waals surface area contributed by atoms with Gasteiger partial charge in [-0.15, -0.1) is 0 Å². The Bertz CT molecular complexity index is 609. The molecule has 104 valence electrons. The average Bonchev–Trinajstić information content (AvgIpc) is 2.48. The first-order valence-corrected chi connectivity index (χ1v) is 5.74. The number of carboxylic acids is 1. The maximum Gasteiger partial charge on any atom is 0.339 e. The van der Waals surface area contributed by atoms with E-state index in [0.717, 1.165) is 0 Å². The molecule has 1 heterocycles. The van der Waals surface area contributed by atoms with Crippen LogP contribution in [0.15, 0.2) is 36.5 Å². The van der Waals surface area contributed by atoms with E-state index < -0.39 is 5.97 Å². The predicted octanol–water partition coefficient (Wildman–Crippen LogP) is 2.59. The highest BCUT2D eigenvalue weighted by Crippen LogP contribution is 2.34. The van der Waals surface area contributed by atoms with Crippen LogP contribution in [0.1, 0.15) is 10.4 Å². The smallest absolute Gasteiger partial charge is 0.339 e. The number of hydrogen-bond acceptors (Lipinski definition) is 5. The Morgan fingerprint density at radius 1 is 1.15 bits per heavy atom. The number of para-hydroxylation sites is 1. The zero-order chi connectivity index (χ0) is 14.5. The van der Waals surface area contributed by atoms with Gasteiger partial charge in [-0.3, -0.25) is 0 Å². The summed E-state index contributed by atoms with van der Waals surface area (Å²) in [5.41, 5.74) is 0.00182. The third-order valence-electron chi connectivity index (χ3n) is 2.58. The lowest BCUT2D eigenvalue weighted by atomic mass is 10.2. The number of pyridine rings is 1. The van der Waals surface area contributed by atoms with Crippen LogP contribution < -0.4 is 14.2 Å². The summed E-state index contributed by atoms with van der Waals surface area (Å²) in [6, 6.07) is 7.88. The summed E-state index contributed by atoms with van der Waals surface area (Å²) in [7, 11) is 2.97. The van der Waals surface area contributed by atoms with Crippen LogP contribution in [-0.4, -0.2) is 30.3 Å². The highest BCUT2D eigenvalue weighted by molar-refractivity contribution is 5.92. The van der Waals surface area contributed by atoms with Gasteiger partial charge in [0, 0.05) is 6.07 Å². The lowest BCUT2D eigenvalue weighted by Crippen LogP contribution is -2.02. The number of methoxy groups -OCH3 is 2. The van der Waals surface area contributed by atoms with Crippen LogP contribution in [0.25, 0.3) is 0 Å². The molecule has 2 rings (SSSR count). The van der Waals surface area contributed by atoms with Crippen molar-refractivity contribution in [3.05, 3.63) is 42.1 Å². The fraction of sp³-hybridized carbons (Fsp3) is 0.143. The Hall–Kier alpha value is -2.76. The SMILES string of the molecule is COc1ccc(Oc2c(OC)cccc2C(=O)O)nc1. The van der Waals surface area contributed by atoms with Gasteiger partial charge in [0.05, 0.1) is 20.4 Å². The van der Waals surface area contributed by atoms with Gasteiger partial charge in [-0.25, -0.2) is 9.78 Å². The first-order valence-electron chi connectivity index (χ1n) is 5.74. The molecule has 0 atom stereocenters. The Morgan fingerprint density at radius 2 is 1.95 bits per heavy atom. The Labute approximate surface area is 115 Å². The molecule has 0 fully saturated rings. The predicted molar refractivity (Wildman–Crippen MR) is 70.8 cm³/mol. The van der Waals surface area contributed by atoms with Gasteiger partial charge in [-0.05, 0) is 18.2 Å². The topological polar surface area (TPSA) is 77.9 Å². The molecule has 6 heteroatoms. The van der Waals surface area contributed by atoms with E-state index in [4.69, 9.17) is 19.3 Å². The van der Waals surface area contributed by atoms with Crippen LogP contribution in [0.5, 0.6) is 23.1 Å². The highest BCUT2D eigenvalue weighted by Gasteiger charge is 2.17. The van der Waals surface area contributed by atoms with E-state index in [1.54, 1.807) is 24.3 Å². The third kappa shape index (κ3) is 2.80. The lowest BCUT2D eigenvalue weighted by Gasteiger charge is -2.12. The molecule has 0 aliphatic heterocycles. The van der Waals surface area contributed by atoms with Crippen LogP contribution in [0, 0.1) is 0 Å². The Kier molecular flexibility index (Phi) is 4.05. The minimum Gasteiger partial charge on any atom is -0.495 e. The molecular formula is C14H13NO5. The molecule has 0 radical (unpaired) electrons. The molecule has 20 heavy (non-hydrogen) atoms. The summed E-state index contributed by atoms with van der Waals surface area (Å²) in [6.07, 6.45) is 1.48. The van der Waals surface area contributed by atoms with E-state index in [9.17, 15) is 4.79 Å². The molecule has 0 saturated carbocycles. The summed E-state index contributed by atoms with van der Waals surface area (Å²) in [5, 5.41) is 9.17. The van der Waals surface area contributed by atoms with Crippen molar-refractivity contribution in [2.24, 2.45) is 0 Å². The van der Waals surface area contributed by atoms with Gasteiger partial charge >= 0.3 is 5.97 Å². The minimum atomic E-state index is -1.10. The molecule has 0 spiro atoms. The number of carboxylic acid groups (broad SMARTS) is 1. The molecule has 0 aliphatic carbocycles. The number of aromatic carboxylic acids is 1. The normalized spacial score (nSPS) is 9.90. The van der Waals surface area contributed by atoms with Crippen molar-refractivity contribution in [1.82, 2.24) is 4.98 Å². The number of carbonyl (C=O) groups is 1. The molecule has 0 saturated heterocycles. The number of aromatic nitrogens is 1. The van der Waals surface area contributed by atoms with E-state index in [0.29, 0.717) is 11.5 Å². The molecular weight excluding hydrogens is 262 g/mol. The molecule has 6 nitrogen and oxygen atoms in total. The van der Waals surface area contributed by atoms with E-state index >= 15 is 0 Å². The summed E-state index contributed by atoms with van der Waals surface area (Å²) in [6.45, 7) is 0. The molecule has 0 amide bonds. The largest absolute Gasteiger partial charge is 0.495 e. The van der Waals surface area contributed by atoms with Gasteiger partial charge in [-0.2, -0.15) is 0 Å². The second kappa shape index (κ2) is 5.92. The number of nitrogens with zero attached hydrogens (tertiary/aromatic N) is 1. The zero-order valence-electron chi connectivity index (χ0n) is 11.0. The van der Waals surface area contributed by atoms with Crippen LogP contribution in [-0.2, 0) is 0 Å². The van der Waals surface area contributed by atoms with E-state index in [1.807, 2.05) is 0 Å². The van der Waals surface area contributed by atoms with Gasteiger partial charge in [-0.1, -0.05) is 6.07 Å². The Balaban J connectivity index is 2.38. The third-order valence-corrected chi connectivity index (χ3v) is 2.58. The second-order valence-corrected chi connectivity index (χ2v) is 3.78. The summed E-state index contributed by atoms with van der Waals surface area (Å²) < 4.78 is 15.6. The number of rotatable bonds is 5. The fourth-order valence-corrected chi connectivity index (χ4v) is 1.60.